The SMILES string of the molecule is C[C@H]1COc2c(F)ccc3c(=O)c(C(=O)O)cn1c23. The van der Waals surface area contributed by atoms with Gasteiger partial charge in [-0.1, -0.05) is 0 Å². The van der Waals surface area contributed by atoms with E-state index in [0.717, 1.165) is 6.07 Å². The fraction of sp³-hybridized carbons (Fsp3) is 0.231. The van der Waals surface area contributed by atoms with E-state index in [9.17, 15) is 14.0 Å². The number of pyridine rings is 1. The van der Waals surface area contributed by atoms with Gasteiger partial charge >= 0.3 is 5.97 Å². The minimum Gasteiger partial charge on any atom is -0.486 e. The molecule has 19 heavy (non-hydrogen) atoms. The van der Waals surface area contributed by atoms with Gasteiger partial charge < -0.3 is 14.4 Å². The zero-order valence-electron chi connectivity index (χ0n) is 10.0. The molecule has 2 aromatic rings. The molecule has 0 saturated carbocycles. The number of aromatic carboxylic acids is 1. The van der Waals surface area contributed by atoms with E-state index in [4.69, 9.17) is 9.84 Å². The third kappa shape index (κ3) is 1.53. The van der Waals surface area contributed by atoms with Gasteiger partial charge in [-0.15, -0.1) is 0 Å². The van der Waals surface area contributed by atoms with Crippen LogP contribution in [0, 0.1) is 5.82 Å². The second kappa shape index (κ2) is 3.81. The minimum atomic E-state index is -1.29. The summed E-state index contributed by atoms with van der Waals surface area (Å²) in [7, 11) is 0. The minimum absolute atomic E-state index is 0.00430. The lowest BCUT2D eigenvalue weighted by Crippen LogP contribution is -2.26. The number of carboxylic acids is 1. The number of carboxylic acid groups (broad SMARTS) is 1. The van der Waals surface area contributed by atoms with E-state index in [1.165, 1.54) is 12.3 Å². The zero-order chi connectivity index (χ0) is 13.7. The normalized spacial score (nSPS) is 17.3. The Morgan fingerprint density at radius 1 is 1.53 bits per heavy atom. The van der Waals surface area contributed by atoms with E-state index in [1.54, 1.807) is 4.57 Å². The summed E-state index contributed by atoms with van der Waals surface area (Å²) in [6, 6.07) is 2.24. The van der Waals surface area contributed by atoms with E-state index in [-0.39, 0.29) is 29.3 Å². The van der Waals surface area contributed by atoms with Crippen LogP contribution in [-0.4, -0.2) is 22.2 Å². The van der Waals surface area contributed by atoms with Crippen molar-refractivity contribution in [2.75, 3.05) is 6.61 Å². The number of rotatable bonds is 1. The summed E-state index contributed by atoms with van der Waals surface area (Å²) in [5.41, 5.74) is -0.634. The Balaban J connectivity index is 2.54. The molecular formula is C13H10FNO4. The summed E-state index contributed by atoms with van der Waals surface area (Å²) in [6.45, 7) is 2.04. The molecule has 0 fully saturated rings. The van der Waals surface area contributed by atoms with E-state index in [1.807, 2.05) is 6.92 Å². The number of aromatic nitrogens is 1. The first kappa shape index (κ1) is 11.7. The summed E-state index contributed by atoms with van der Waals surface area (Å²) in [4.78, 5) is 23.2. The molecule has 3 rings (SSSR count). The molecule has 1 aromatic heterocycles. The standard InChI is InChI=1S/C13H10FNO4/c1-6-5-19-12-9(14)3-2-7-10(12)15(6)4-8(11(7)16)13(17)18/h2-4,6H,5H2,1H3,(H,17,18)/t6-/m0/s1. The van der Waals surface area contributed by atoms with E-state index < -0.39 is 17.2 Å². The molecule has 0 aliphatic carbocycles. The number of hydrogen-bond acceptors (Lipinski definition) is 3. The average molecular weight is 263 g/mol. The lowest BCUT2D eigenvalue weighted by atomic mass is 10.1. The van der Waals surface area contributed by atoms with Gasteiger partial charge in [0.2, 0.25) is 5.43 Å². The first-order chi connectivity index (χ1) is 9.00. The monoisotopic (exact) mass is 263 g/mol. The van der Waals surface area contributed by atoms with Gasteiger partial charge in [0.25, 0.3) is 0 Å². The Labute approximate surface area is 106 Å². The van der Waals surface area contributed by atoms with Crippen molar-refractivity contribution >= 4 is 16.9 Å². The summed E-state index contributed by atoms with van der Waals surface area (Å²) in [5.74, 6) is -1.85. The number of benzene rings is 1. The van der Waals surface area contributed by atoms with Crippen LogP contribution in [0.25, 0.3) is 10.9 Å². The lowest BCUT2D eigenvalue weighted by molar-refractivity contribution is 0.0694. The quantitative estimate of drug-likeness (QED) is 0.851. The van der Waals surface area contributed by atoms with Crippen LogP contribution in [0.4, 0.5) is 4.39 Å². The summed E-state index contributed by atoms with van der Waals surface area (Å²) in [6.07, 6.45) is 1.25. The number of hydrogen-bond donors (Lipinski definition) is 1. The highest BCUT2D eigenvalue weighted by atomic mass is 19.1. The molecule has 5 nitrogen and oxygen atoms in total. The first-order valence-corrected chi connectivity index (χ1v) is 5.74. The molecule has 1 N–H and O–H groups in total. The third-order valence-corrected chi connectivity index (χ3v) is 3.27. The van der Waals surface area contributed by atoms with Crippen LogP contribution >= 0.6 is 0 Å². The number of carbonyl (C=O) groups is 1. The van der Waals surface area contributed by atoms with Crippen LogP contribution in [0.15, 0.2) is 23.1 Å². The molecule has 0 unspecified atom stereocenters. The molecule has 0 saturated heterocycles. The van der Waals surface area contributed by atoms with Gasteiger partial charge in [0, 0.05) is 6.20 Å². The Hall–Kier alpha value is -2.37. The Morgan fingerprint density at radius 3 is 2.95 bits per heavy atom. The van der Waals surface area contributed by atoms with Gasteiger partial charge in [-0.05, 0) is 19.1 Å². The van der Waals surface area contributed by atoms with Crippen molar-refractivity contribution < 1.29 is 19.0 Å². The Morgan fingerprint density at radius 2 is 2.26 bits per heavy atom. The fourth-order valence-electron chi connectivity index (χ4n) is 2.31. The maximum absolute atomic E-state index is 13.7. The number of ether oxygens (including phenoxy) is 1. The van der Waals surface area contributed by atoms with Gasteiger partial charge in [-0.25, -0.2) is 9.18 Å². The maximum atomic E-state index is 13.7. The highest BCUT2D eigenvalue weighted by Crippen LogP contribution is 2.33. The topological polar surface area (TPSA) is 68.5 Å². The molecule has 0 radical (unpaired) electrons. The second-order valence-electron chi connectivity index (χ2n) is 4.52. The van der Waals surface area contributed by atoms with Crippen molar-refractivity contribution in [3.63, 3.8) is 0 Å². The van der Waals surface area contributed by atoms with Crippen molar-refractivity contribution in [2.24, 2.45) is 0 Å². The van der Waals surface area contributed by atoms with Crippen LogP contribution < -0.4 is 10.2 Å². The summed E-state index contributed by atoms with van der Waals surface area (Å²) in [5, 5.41) is 9.21. The summed E-state index contributed by atoms with van der Waals surface area (Å²) >= 11 is 0. The molecule has 1 aromatic carbocycles. The van der Waals surface area contributed by atoms with Crippen molar-refractivity contribution in [3.8, 4) is 5.75 Å². The van der Waals surface area contributed by atoms with Gasteiger partial charge in [-0.3, -0.25) is 4.79 Å². The molecule has 1 atom stereocenters. The van der Waals surface area contributed by atoms with Crippen LogP contribution in [0.1, 0.15) is 23.3 Å². The molecule has 0 bridgehead atoms. The fourth-order valence-corrected chi connectivity index (χ4v) is 2.31. The molecule has 98 valence electrons. The predicted octanol–water partition coefficient (Wildman–Crippen LogP) is 1.79. The number of halogens is 1. The third-order valence-electron chi connectivity index (χ3n) is 3.27. The van der Waals surface area contributed by atoms with Gasteiger partial charge in [0.15, 0.2) is 11.6 Å². The van der Waals surface area contributed by atoms with Crippen molar-refractivity contribution in [2.45, 2.75) is 13.0 Å². The van der Waals surface area contributed by atoms with E-state index in [0.29, 0.717) is 5.52 Å². The number of nitrogens with zero attached hydrogens (tertiary/aromatic N) is 1. The van der Waals surface area contributed by atoms with Crippen molar-refractivity contribution in [3.05, 3.63) is 39.9 Å². The van der Waals surface area contributed by atoms with Gasteiger partial charge in [0.05, 0.1) is 16.9 Å². The average Bonchev–Trinajstić information content (AvgIpc) is 2.37. The Kier molecular flexibility index (Phi) is 2.35. The summed E-state index contributed by atoms with van der Waals surface area (Å²) < 4.78 is 20.6. The van der Waals surface area contributed by atoms with Crippen LogP contribution in [0.5, 0.6) is 5.75 Å². The van der Waals surface area contributed by atoms with Crippen LogP contribution in [-0.2, 0) is 0 Å². The molecule has 1 aliphatic rings. The maximum Gasteiger partial charge on any atom is 0.341 e. The van der Waals surface area contributed by atoms with Crippen molar-refractivity contribution in [1.82, 2.24) is 4.57 Å². The molecular weight excluding hydrogens is 253 g/mol. The predicted molar refractivity (Wildman–Crippen MR) is 65.3 cm³/mol. The Bertz CT molecular complexity index is 765. The second-order valence-corrected chi connectivity index (χ2v) is 4.52. The van der Waals surface area contributed by atoms with Crippen LogP contribution in [0.3, 0.4) is 0 Å². The molecule has 0 spiro atoms. The highest BCUT2D eigenvalue weighted by Gasteiger charge is 2.25. The largest absolute Gasteiger partial charge is 0.486 e. The lowest BCUT2D eigenvalue weighted by Gasteiger charge is -2.26. The van der Waals surface area contributed by atoms with Crippen LogP contribution in [0.2, 0.25) is 0 Å². The molecule has 1 aliphatic heterocycles. The van der Waals surface area contributed by atoms with Gasteiger partial charge in [0.1, 0.15) is 12.2 Å². The van der Waals surface area contributed by atoms with E-state index in [2.05, 4.69) is 0 Å². The first-order valence-electron chi connectivity index (χ1n) is 5.74. The zero-order valence-corrected chi connectivity index (χ0v) is 10.0. The van der Waals surface area contributed by atoms with E-state index >= 15 is 0 Å². The highest BCUT2D eigenvalue weighted by molar-refractivity contribution is 5.94. The molecule has 0 amide bonds. The molecule has 2 heterocycles. The molecule has 6 heteroatoms. The van der Waals surface area contributed by atoms with Crippen molar-refractivity contribution in [1.29, 1.82) is 0 Å². The smallest absolute Gasteiger partial charge is 0.341 e. The van der Waals surface area contributed by atoms with Gasteiger partial charge in [-0.2, -0.15) is 0 Å².